The van der Waals surface area contributed by atoms with Crippen molar-refractivity contribution < 1.29 is 19.3 Å². The Morgan fingerprint density at radius 3 is 2.53 bits per heavy atom. The zero-order valence-electron chi connectivity index (χ0n) is 24.1. The first-order valence-corrected chi connectivity index (χ1v) is 14.1. The van der Waals surface area contributed by atoms with E-state index in [0.717, 1.165) is 12.8 Å². The largest absolute Gasteiger partial charge is 0.387 e. The maximum absolute atomic E-state index is 10.9. The number of methoxy groups -OCH3 is 2. The predicted octanol–water partition coefficient (Wildman–Crippen LogP) is 7.40. The first-order valence-electron chi connectivity index (χ1n) is 14.1. The Bertz CT molecular complexity index is 852. The van der Waals surface area contributed by atoms with Crippen molar-refractivity contribution in [3.63, 3.8) is 0 Å². The zero-order chi connectivity index (χ0) is 26.6. The van der Waals surface area contributed by atoms with E-state index in [9.17, 15) is 5.11 Å². The van der Waals surface area contributed by atoms with E-state index in [-0.39, 0.29) is 5.60 Å². The van der Waals surface area contributed by atoms with E-state index < -0.39 is 5.60 Å². The van der Waals surface area contributed by atoms with Gasteiger partial charge in [0.1, 0.15) is 6.79 Å². The van der Waals surface area contributed by atoms with Crippen LogP contribution in [0.3, 0.4) is 0 Å². The quantitative estimate of drug-likeness (QED) is 0.251. The summed E-state index contributed by atoms with van der Waals surface area (Å²) in [5.41, 5.74) is 3.30. The standard InChI is InChI=1S/C32H52O4/c1-23-17-19-32(33,21-34-7)20-27(23)14-13-26-10-9-18-31(6)28(15-16-29(26)31)24(2)11-12-25(3)30(4,5)36-22-35-8/h11-14,24-25,28-29,33H,1,9-10,15-22H2,2-8H3/b12-11+,26-13?,27-14?/t24-,25+,28-,29?,31-,32+/m1/s1. The van der Waals surface area contributed by atoms with Crippen LogP contribution in [0.4, 0.5) is 0 Å². The number of ether oxygens (including phenoxy) is 3. The van der Waals surface area contributed by atoms with E-state index in [2.05, 4.69) is 65.5 Å². The smallest absolute Gasteiger partial charge is 0.147 e. The molecule has 0 aromatic heterocycles. The van der Waals surface area contributed by atoms with Gasteiger partial charge in [-0.2, -0.15) is 0 Å². The van der Waals surface area contributed by atoms with Crippen molar-refractivity contribution in [3.8, 4) is 0 Å². The van der Waals surface area contributed by atoms with Gasteiger partial charge in [-0.3, -0.25) is 0 Å². The van der Waals surface area contributed by atoms with Crippen LogP contribution >= 0.6 is 0 Å². The van der Waals surface area contributed by atoms with E-state index >= 15 is 0 Å². The van der Waals surface area contributed by atoms with Crippen molar-refractivity contribution >= 4 is 0 Å². The molecule has 3 aliphatic carbocycles. The minimum atomic E-state index is -0.762. The predicted molar refractivity (Wildman–Crippen MR) is 149 cm³/mol. The van der Waals surface area contributed by atoms with Gasteiger partial charge >= 0.3 is 0 Å². The highest BCUT2D eigenvalue weighted by Gasteiger charge is 2.50. The maximum Gasteiger partial charge on any atom is 0.147 e. The molecule has 0 amide bonds. The summed E-state index contributed by atoms with van der Waals surface area (Å²) >= 11 is 0. The summed E-state index contributed by atoms with van der Waals surface area (Å²) in [4.78, 5) is 0. The summed E-state index contributed by atoms with van der Waals surface area (Å²) in [6.45, 7) is 16.5. The van der Waals surface area contributed by atoms with Crippen LogP contribution in [0.5, 0.6) is 0 Å². The molecule has 4 heteroatoms. The summed E-state index contributed by atoms with van der Waals surface area (Å²) in [7, 11) is 3.34. The molecule has 3 fully saturated rings. The van der Waals surface area contributed by atoms with Gasteiger partial charge in [0.25, 0.3) is 0 Å². The third-order valence-electron chi connectivity index (χ3n) is 9.80. The van der Waals surface area contributed by atoms with Crippen LogP contribution in [0.25, 0.3) is 0 Å². The van der Waals surface area contributed by atoms with Gasteiger partial charge in [-0.1, -0.05) is 62.8 Å². The number of aliphatic hydroxyl groups is 1. The van der Waals surface area contributed by atoms with E-state index in [1.165, 1.54) is 43.3 Å². The fourth-order valence-corrected chi connectivity index (χ4v) is 7.08. The molecule has 3 saturated carbocycles. The molecule has 0 aliphatic heterocycles. The van der Waals surface area contributed by atoms with E-state index in [4.69, 9.17) is 14.2 Å². The lowest BCUT2D eigenvalue weighted by Gasteiger charge is -2.44. The van der Waals surface area contributed by atoms with Crippen molar-refractivity contribution in [1.82, 2.24) is 0 Å². The first-order chi connectivity index (χ1) is 17.0. The fraction of sp³-hybridized carbons (Fsp3) is 0.750. The molecule has 0 heterocycles. The number of fused-ring (bicyclic) bond motifs is 1. The fourth-order valence-electron chi connectivity index (χ4n) is 7.08. The van der Waals surface area contributed by atoms with Crippen LogP contribution in [-0.2, 0) is 14.2 Å². The van der Waals surface area contributed by atoms with Gasteiger partial charge in [-0.05, 0) is 87.5 Å². The summed E-state index contributed by atoms with van der Waals surface area (Å²) < 4.78 is 16.3. The Hall–Kier alpha value is -1.20. The normalized spacial score (nSPS) is 35.5. The molecular formula is C32H52O4. The Morgan fingerprint density at radius 2 is 1.83 bits per heavy atom. The number of rotatable bonds is 10. The lowest BCUT2D eigenvalue weighted by atomic mass is 9.61. The van der Waals surface area contributed by atoms with Gasteiger partial charge < -0.3 is 19.3 Å². The molecule has 6 atom stereocenters. The summed E-state index contributed by atoms with van der Waals surface area (Å²) in [5.74, 6) is 2.20. The second kappa shape index (κ2) is 12.1. The second-order valence-corrected chi connectivity index (χ2v) is 12.7. The van der Waals surface area contributed by atoms with Gasteiger partial charge in [0, 0.05) is 26.6 Å². The lowest BCUT2D eigenvalue weighted by molar-refractivity contribution is -0.128. The molecule has 0 radical (unpaired) electrons. The SMILES string of the molecule is C=C1CC[C@@](O)(COC)CC1=CC=C1CCC[C@@]2(C)C1CC[C@@H]2[C@H](C)/C=C/[C@H](C)C(C)(C)OCOC. The average Bonchev–Trinajstić information content (AvgIpc) is 3.19. The van der Waals surface area contributed by atoms with Crippen LogP contribution in [0.1, 0.15) is 86.0 Å². The third-order valence-corrected chi connectivity index (χ3v) is 9.80. The molecule has 0 saturated heterocycles. The minimum absolute atomic E-state index is 0.249. The monoisotopic (exact) mass is 500 g/mol. The molecule has 1 N–H and O–H groups in total. The van der Waals surface area contributed by atoms with Crippen LogP contribution in [-0.4, -0.2) is 43.9 Å². The molecule has 3 rings (SSSR count). The van der Waals surface area contributed by atoms with Crippen LogP contribution in [0.2, 0.25) is 0 Å². The van der Waals surface area contributed by atoms with Gasteiger partial charge in [0.15, 0.2) is 0 Å². The topological polar surface area (TPSA) is 47.9 Å². The van der Waals surface area contributed by atoms with Crippen molar-refractivity contribution in [2.24, 2.45) is 29.1 Å². The molecule has 0 bridgehead atoms. The van der Waals surface area contributed by atoms with E-state index in [1.807, 2.05) is 0 Å². The van der Waals surface area contributed by atoms with Gasteiger partial charge in [-0.15, -0.1) is 0 Å². The Labute approximate surface area is 220 Å². The average molecular weight is 501 g/mol. The van der Waals surface area contributed by atoms with Crippen molar-refractivity contribution in [3.05, 3.63) is 47.6 Å². The lowest BCUT2D eigenvalue weighted by Crippen LogP contribution is -2.37. The third kappa shape index (κ3) is 6.62. The summed E-state index contributed by atoms with van der Waals surface area (Å²) in [6, 6.07) is 0. The number of hydrogen-bond donors (Lipinski definition) is 1. The molecular weight excluding hydrogens is 448 g/mol. The highest BCUT2D eigenvalue weighted by molar-refractivity contribution is 5.37. The van der Waals surface area contributed by atoms with E-state index in [1.54, 1.807) is 19.8 Å². The highest BCUT2D eigenvalue weighted by atomic mass is 16.7. The van der Waals surface area contributed by atoms with Crippen molar-refractivity contribution in [2.75, 3.05) is 27.6 Å². The van der Waals surface area contributed by atoms with Gasteiger partial charge in [0.05, 0.1) is 17.8 Å². The van der Waals surface area contributed by atoms with Crippen LogP contribution < -0.4 is 0 Å². The van der Waals surface area contributed by atoms with Gasteiger partial charge in [0.2, 0.25) is 0 Å². The zero-order valence-corrected chi connectivity index (χ0v) is 24.1. The van der Waals surface area contributed by atoms with Crippen LogP contribution in [0.15, 0.2) is 47.6 Å². The molecule has 0 aromatic carbocycles. The second-order valence-electron chi connectivity index (χ2n) is 12.7. The molecule has 204 valence electrons. The summed E-state index contributed by atoms with van der Waals surface area (Å²) in [6.07, 6.45) is 18.0. The van der Waals surface area contributed by atoms with Crippen molar-refractivity contribution in [2.45, 2.75) is 97.2 Å². The van der Waals surface area contributed by atoms with Crippen molar-refractivity contribution in [1.29, 1.82) is 0 Å². The molecule has 3 aliphatic rings. The first kappa shape index (κ1) is 29.4. The highest BCUT2D eigenvalue weighted by Crippen LogP contribution is 2.59. The minimum Gasteiger partial charge on any atom is -0.387 e. The van der Waals surface area contributed by atoms with Crippen LogP contribution in [0, 0.1) is 29.1 Å². The Kier molecular flexibility index (Phi) is 9.87. The van der Waals surface area contributed by atoms with Gasteiger partial charge in [-0.25, -0.2) is 0 Å². The summed E-state index contributed by atoms with van der Waals surface area (Å²) in [5, 5.41) is 10.9. The molecule has 0 spiro atoms. The molecule has 1 unspecified atom stereocenters. The maximum atomic E-state index is 10.9. The Morgan fingerprint density at radius 1 is 1.08 bits per heavy atom. The molecule has 0 aromatic rings. The number of hydrogen-bond acceptors (Lipinski definition) is 4. The molecule has 36 heavy (non-hydrogen) atoms. The Balaban J connectivity index is 1.72. The number of allylic oxidation sites excluding steroid dienone is 5. The molecule has 4 nitrogen and oxygen atoms in total. The van der Waals surface area contributed by atoms with E-state index in [0.29, 0.717) is 48.9 Å².